The quantitative estimate of drug-likeness (QED) is 0.532. The maximum atomic E-state index is 11.7. The first-order chi connectivity index (χ1) is 7.50. The number of carbonyl (C=O) groups is 2. The molecule has 88 valence electrons. The normalized spacial score (nSPS) is 33.9. The molecule has 0 amide bonds. The third-order valence-corrected chi connectivity index (χ3v) is 3.93. The number of ketones is 1. The van der Waals surface area contributed by atoms with Crippen LogP contribution in [0, 0.1) is 5.41 Å². The fourth-order valence-corrected chi connectivity index (χ4v) is 2.82. The van der Waals surface area contributed by atoms with Crippen molar-refractivity contribution in [3.05, 3.63) is 11.1 Å². The Kier molecular flexibility index (Phi) is 2.62. The Bertz CT molecular complexity index is 382. The Hall–Kier alpha value is -1.16. The topological polar surface area (TPSA) is 63.6 Å². The molecule has 0 bridgehead atoms. The lowest BCUT2D eigenvalue weighted by Gasteiger charge is -2.34. The Balaban J connectivity index is 2.52. The molecule has 0 radical (unpaired) electrons. The van der Waals surface area contributed by atoms with E-state index in [9.17, 15) is 14.7 Å². The first-order valence-electron chi connectivity index (χ1n) is 5.54. The van der Waals surface area contributed by atoms with Gasteiger partial charge in [0.1, 0.15) is 5.57 Å². The number of fused-ring (bicyclic) bond motifs is 1. The number of ether oxygens (including phenoxy) is 1. The van der Waals surface area contributed by atoms with Gasteiger partial charge in [-0.3, -0.25) is 4.79 Å². The molecule has 2 atom stereocenters. The van der Waals surface area contributed by atoms with Gasteiger partial charge >= 0.3 is 5.97 Å². The van der Waals surface area contributed by atoms with Crippen molar-refractivity contribution in [1.29, 1.82) is 0 Å². The van der Waals surface area contributed by atoms with Gasteiger partial charge in [-0.05, 0) is 24.8 Å². The van der Waals surface area contributed by atoms with Gasteiger partial charge in [0.2, 0.25) is 0 Å². The van der Waals surface area contributed by atoms with Crippen LogP contribution < -0.4 is 0 Å². The van der Waals surface area contributed by atoms with Crippen LogP contribution in [0.3, 0.4) is 0 Å². The summed E-state index contributed by atoms with van der Waals surface area (Å²) in [6, 6.07) is 0. The standard InChI is InChI=1S/C12H16O4/c1-12-6-5-8(13)10(11(15)16-2)7(12)3-4-9(12)14/h9,14H,3-6H2,1-2H3/t9-,12-/m0/s1. The summed E-state index contributed by atoms with van der Waals surface area (Å²) in [6.07, 6.45) is 1.74. The monoisotopic (exact) mass is 224 g/mol. The number of hydrogen-bond acceptors (Lipinski definition) is 4. The highest BCUT2D eigenvalue weighted by Gasteiger charge is 2.48. The Morgan fingerprint density at radius 1 is 1.50 bits per heavy atom. The maximum Gasteiger partial charge on any atom is 0.341 e. The molecule has 4 nitrogen and oxygen atoms in total. The van der Waals surface area contributed by atoms with Gasteiger partial charge in [-0.1, -0.05) is 6.92 Å². The van der Waals surface area contributed by atoms with Crippen LogP contribution in [0.25, 0.3) is 0 Å². The van der Waals surface area contributed by atoms with E-state index < -0.39 is 17.5 Å². The number of carbonyl (C=O) groups excluding carboxylic acids is 2. The predicted molar refractivity (Wildman–Crippen MR) is 56.6 cm³/mol. The number of aliphatic hydroxyl groups is 1. The van der Waals surface area contributed by atoms with Crippen LogP contribution in [0.5, 0.6) is 0 Å². The summed E-state index contributed by atoms with van der Waals surface area (Å²) in [6.45, 7) is 1.93. The smallest absolute Gasteiger partial charge is 0.341 e. The highest BCUT2D eigenvalue weighted by molar-refractivity contribution is 6.18. The lowest BCUT2D eigenvalue weighted by atomic mass is 9.71. The molecule has 0 heterocycles. The summed E-state index contributed by atoms with van der Waals surface area (Å²) in [5.74, 6) is -0.701. The number of esters is 1. The van der Waals surface area contributed by atoms with E-state index in [0.717, 1.165) is 5.57 Å². The first kappa shape index (κ1) is 11.3. The van der Waals surface area contributed by atoms with Gasteiger partial charge in [0.15, 0.2) is 5.78 Å². The van der Waals surface area contributed by atoms with E-state index in [2.05, 4.69) is 4.74 Å². The molecule has 16 heavy (non-hydrogen) atoms. The van der Waals surface area contributed by atoms with E-state index in [1.165, 1.54) is 7.11 Å². The van der Waals surface area contributed by atoms with Crippen molar-refractivity contribution in [3.63, 3.8) is 0 Å². The minimum absolute atomic E-state index is 0.145. The molecule has 0 saturated heterocycles. The maximum absolute atomic E-state index is 11.7. The first-order valence-corrected chi connectivity index (χ1v) is 5.54. The molecular formula is C12H16O4. The van der Waals surface area contributed by atoms with Crippen molar-refractivity contribution in [3.8, 4) is 0 Å². The lowest BCUT2D eigenvalue weighted by Crippen LogP contribution is -2.35. The molecule has 2 rings (SSSR count). The van der Waals surface area contributed by atoms with Gasteiger partial charge in [-0.15, -0.1) is 0 Å². The number of methoxy groups -OCH3 is 1. The second-order valence-corrected chi connectivity index (χ2v) is 4.74. The molecule has 2 aliphatic carbocycles. The van der Waals surface area contributed by atoms with Crippen molar-refractivity contribution < 1.29 is 19.4 Å². The molecule has 0 spiro atoms. The van der Waals surface area contributed by atoms with Crippen LogP contribution in [-0.2, 0) is 14.3 Å². The summed E-state index contributed by atoms with van der Waals surface area (Å²) >= 11 is 0. The minimum atomic E-state index is -0.556. The SMILES string of the molecule is COC(=O)C1=C2CC[C@H](O)[C@@]2(C)CCC1=O. The van der Waals surface area contributed by atoms with Crippen LogP contribution in [0.1, 0.15) is 32.6 Å². The summed E-state index contributed by atoms with van der Waals surface area (Å²) in [7, 11) is 1.28. The van der Waals surface area contributed by atoms with Crippen LogP contribution in [-0.4, -0.2) is 30.1 Å². The summed E-state index contributed by atoms with van der Waals surface area (Å²) in [5, 5.41) is 9.94. The molecule has 2 aliphatic rings. The van der Waals surface area contributed by atoms with E-state index in [-0.39, 0.29) is 11.4 Å². The highest BCUT2D eigenvalue weighted by atomic mass is 16.5. The fraction of sp³-hybridized carbons (Fsp3) is 0.667. The van der Waals surface area contributed by atoms with Crippen LogP contribution >= 0.6 is 0 Å². The van der Waals surface area contributed by atoms with E-state index >= 15 is 0 Å². The molecule has 0 aromatic heterocycles. The second kappa shape index (κ2) is 3.70. The molecule has 0 aromatic carbocycles. The second-order valence-electron chi connectivity index (χ2n) is 4.74. The zero-order chi connectivity index (χ0) is 11.9. The Morgan fingerprint density at radius 2 is 2.19 bits per heavy atom. The van der Waals surface area contributed by atoms with Crippen LogP contribution in [0.2, 0.25) is 0 Å². The van der Waals surface area contributed by atoms with Crippen molar-refractivity contribution >= 4 is 11.8 Å². The van der Waals surface area contributed by atoms with Crippen molar-refractivity contribution in [1.82, 2.24) is 0 Å². The molecule has 1 saturated carbocycles. The van der Waals surface area contributed by atoms with E-state index in [1.54, 1.807) is 0 Å². The molecule has 1 fully saturated rings. The Labute approximate surface area is 94.3 Å². The minimum Gasteiger partial charge on any atom is -0.465 e. The largest absolute Gasteiger partial charge is 0.465 e. The molecule has 0 aliphatic heterocycles. The van der Waals surface area contributed by atoms with Crippen LogP contribution in [0.4, 0.5) is 0 Å². The number of aliphatic hydroxyl groups excluding tert-OH is 1. The predicted octanol–water partition coefficient (Wildman–Crippen LogP) is 0.980. The van der Waals surface area contributed by atoms with Gasteiger partial charge in [0, 0.05) is 11.8 Å². The molecular weight excluding hydrogens is 208 g/mol. The van der Waals surface area contributed by atoms with Gasteiger partial charge < -0.3 is 9.84 Å². The summed E-state index contributed by atoms with van der Waals surface area (Å²) < 4.78 is 4.65. The van der Waals surface area contributed by atoms with E-state index in [0.29, 0.717) is 25.7 Å². The number of rotatable bonds is 1. The van der Waals surface area contributed by atoms with Crippen molar-refractivity contribution in [2.45, 2.75) is 38.7 Å². The molecule has 0 aromatic rings. The summed E-state index contributed by atoms with van der Waals surface area (Å²) in [4.78, 5) is 23.3. The van der Waals surface area contributed by atoms with E-state index in [1.807, 2.05) is 6.92 Å². The van der Waals surface area contributed by atoms with Crippen LogP contribution in [0.15, 0.2) is 11.1 Å². The molecule has 4 heteroatoms. The molecule has 1 N–H and O–H groups in total. The summed E-state index contributed by atoms with van der Waals surface area (Å²) in [5.41, 5.74) is 0.577. The fourth-order valence-electron chi connectivity index (χ4n) is 2.82. The average molecular weight is 224 g/mol. The van der Waals surface area contributed by atoms with Gasteiger partial charge in [0.25, 0.3) is 0 Å². The number of hydrogen-bond donors (Lipinski definition) is 1. The number of Topliss-reactive ketones (excluding diaryl/α,β-unsaturated/α-hetero) is 1. The highest BCUT2D eigenvalue weighted by Crippen LogP contribution is 2.50. The van der Waals surface area contributed by atoms with Gasteiger partial charge in [-0.25, -0.2) is 4.79 Å². The third kappa shape index (κ3) is 1.40. The van der Waals surface area contributed by atoms with Crippen molar-refractivity contribution in [2.24, 2.45) is 5.41 Å². The zero-order valence-corrected chi connectivity index (χ0v) is 9.58. The van der Waals surface area contributed by atoms with Crippen molar-refractivity contribution in [2.75, 3.05) is 7.11 Å². The van der Waals surface area contributed by atoms with Gasteiger partial charge in [0.05, 0.1) is 13.2 Å². The zero-order valence-electron chi connectivity index (χ0n) is 9.58. The van der Waals surface area contributed by atoms with Gasteiger partial charge in [-0.2, -0.15) is 0 Å². The third-order valence-electron chi connectivity index (χ3n) is 3.93. The average Bonchev–Trinajstić information content (AvgIpc) is 2.56. The molecule has 0 unspecified atom stereocenters. The van der Waals surface area contributed by atoms with E-state index in [4.69, 9.17) is 0 Å². The lowest BCUT2D eigenvalue weighted by molar-refractivity contribution is -0.138. The Morgan fingerprint density at radius 3 is 2.81 bits per heavy atom.